The average molecular weight is 733 g/mol. The first kappa shape index (κ1) is 39.0. The van der Waals surface area contributed by atoms with Crippen LogP contribution in [0.1, 0.15) is 91.4 Å². The molecule has 0 N–H and O–H groups in total. The first-order valence-electron chi connectivity index (χ1n) is 19.9. The molecule has 4 fully saturated rings. The van der Waals surface area contributed by atoms with E-state index in [1.165, 1.54) is 11.6 Å². The predicted molar refractivity (Wildman–Crippen MR) is 195 cm³/mol. The van der Waals surface area contributed by atoms with Crippen molar-refractivity contribution in [1.82, 2.24) is 19.6 Å². The third-order valence-electron chi connectivity index (χ3n) is 13.1. The molecular formula is C41H60F4N4O3. The first-order chi connectivity index (χ1) is 24.7. The molecule has 3 heterocycles. The van der Waals surface area contributed by atoms with E-state index >= 15 is 4.39 Å². The van der Waals surface area contributed by atoms with E-state index in [4.69, 9.17) is 4.74 Å². The summed E-state index contributed by atoms with van der Waals surface area (Å²) in [6.07, 6.45) is 10.8. The number of hydrogen-bond donors (Lipinski definition) is 0. The number of hydrogen-bond acceptors (Lipinski definition) is 5. The maximum atomic E-state index is 16.7. The summed E-state index contributed by atoms with van der Waals surface area (Å²) >= 11 is 0. The van der Waals surface area contributed by atoms with Crippen LogP contribution in [0.25, 0.3) is 0 Å². The van der Waals surface area contributed by atoms with Crippen molar-refractivity contribution < 1.29 is 31.9 Å². The van der Waals surface area contributed by atoms with Gasteiger partial charge in [0.2, 0.25) is 5.91 Å². The number of alkyl halides is 4. The Kier molecular flexibility index (Phi) is 12.0. The molecular weight excluding hydrogens is 672 g/mol. The number of carbonyl (C=O) groups excluding carboxylic acids is 2. The van der Waals surface area contributed by atoms with Crippen LogP contribution >= 0.6 is 0 Å². The van der Waals surface area contributed by atoms with Crippen LogP contribution in [-0.4, -0.2) is 114 Å². The number of amides is 2. The van der Waals surface area contributed by atoms with E-state index in [-0.39, 0.29) is 48.4 Å². The zero-order valence-electron chi connectivity index (χ0n) is 31.5. The van der Waals surface area contributed by atoms with Gasteiger partial charge in [-0.1, -0.05) is 56.4 Å². The number of allylic oxidation sites excluding steroid dienone is 5. The van der Waals surface area contributed by atoms with E-state index in [9.17, 15) is 22.8 Å². The number of ether oxygens (including phenoxy) is 1. The minimum absolute atomic E-state index is 0.0206. The number of halogens is 4. The summed E-state index contributed by atoms with van der Waals surface area (Å²) < 4.78 is 65.2. The molecule has 11 heteroatoms. The molecule has 6 rings (SSSR count). The zero-order chi connectivity index (χ0) is 37.3. The summed E-state index contributed by atoms with van der Waals surface area (Å²) in [5.74, 6) is -2.20. The van der Waals surface area contributed by atoms with Gasteiger partial charge in [-0.25, -0.2) is 9.18 Å². The minimum atomic E-state index is -4.57. The molecule has 0 aromatic carbocycles. The zero-order valence-corrected chi connectivity index (χ0v) is 31.5. The monoisotopic (exact) mass is 732 g/mol. The first-order valence-corrected chi connectivity index (χ1v) is 19.9. The van der Waals surface area contributed by atoms with Crippen molar-refractivity contribution in [2.24, 2.45) is 23.2 Å². The van der Waals surface area contributed by atoms with E-state index in [1.807, 2.05) is 16.7 Å². The second kappa shape index (κ2) is 16.0. The van der Waals surface area contributed by atoms with Crippen molar-refractivity contribution in [2.45, 2.75) is 121 Å². The Morgan fingerprint density at radius 2 is 1.67 bits per heavy atom. The van der Waals surface area contributed by atoms with Crippen molar-refractivity contribution in [3.05, 3.63) is 48.1 Å². The van der Waals surface area contributed by atoms with Crippen LogP contribution < -0.4 is 0 Å². The van der Waals surface area contributed by atoms with Gasteiger partial charge in [0.1, 0.15) is 5.67 Å². The molecule has 0 aromatic heterocycles. The van der Waals surface area contributed by atoms with Gasteiger partial charge in [-0.05, 0) is 89.4 Å². The number of piperidine rings is 1. The molecule has 1 saturated carbocycles. The lowest BCUT2D eigenvalue weighted by Gasteiger charge is -2.49. The van der Waals surface area contributed by atoms with Crippen molar-refractivity contribution in [3.63, 3.8) is 0 Å². The van der Waals surface area contributed by atoms with Crippen molar-refractivity contribution in [3.8, 4) is 0 Å². The van der Waals surface area contributed by atoms with Gasteiger partial charge in [0.05, 0.1) is 12.5 Å². The number of likely N-dealkylation sites (tertiary alicyclic amines) is 2. The fraction of sp³-hybridized carbons (Fsp3) is 0.756. The fourth-order valence-corrected chi connectivity index (χ4v) is 10.1. The lowest BCUT2D eigenvalue weighted by atomic mass is 9.61. The van der Waals surface area contributed by atoms with Crippen LogP contribution in [0, 0.1) is 23.2 Å². The van der Waals surface area contributed by atoms with E-state index in [0.29, 0.717) is 50.9 Å². The fourth-order valence-electron chi connectivity index (χ4n) is 10.1. The van der Waals surface area contributed by atoms with Gasteiger partial charge in [0.15, 0.2) is 0 Å². The number of piperazine rings is 1. The van der Waals surface area contributed by atoms with E-state index in [0.717, 1.165) is 77.3 Å². The van der Waals surface area contributed by atoms with Gasteiger partial charge < -0.3 is 14.5 Å². The topological polar surface area (TPSA) is 56.3 Å². The number of nitrogens with zero attached hydrogens (tertiary/aromatic N) is 4. The third kappa shape index (κ3) is 8.50. The van der Waals surface area contributed by atoms with Crippen molar-refractivity contribution in [2.75, 3.05) is 52.4 Å². The van der Waals surface area contributed by atoms with Crippen LogP contribution in [-0.2, 0) is 9.53 Å². The van der Waals surface area contributed by atoms with Gasteiger partial charge in [0, 0.05) is 74.9 Å². The van der Waals surface area contributed by atoms with E-state index in [1.54, 1.807) is 6.92 Å². The molecule has 3 saturated heterocycles. The minimum Gasteiger partial charge on any atom is -0.450 e. The molecule has 0 aromatic rings. The second-order valence-corrected chi connectivity index (χ2v) is 16.8. The van der Waals surface area contributed by atoms with Gasteiger partial charge >= 0.3 is 12.3 Å². The Labute approximate surface area is 308 Å². The summed E-state index contributed by atoms with van der Waals surface area (Å²) in [6.45, 7) is 15.4. The predicted octanol–water partition coefficient (Wildman–Crippen LogP) is 8.10. The largest absolute Gasteiger partial charge is 0.450 e. The lowest BCUT2D eigenvalue weighted by Crippen LogP contribution is -2.58. The number of carbonyl (C=O) groups is 2. The molecule has 6 aliphatic rings. The molecule has 7 atom stereocenters. The Morgan fingerprint density at radius 3 is 2.31 bits per heavy atom. The summed E-state index contributed by atoms with van der Waals surface area (Å²) in [6, 6.07) is 0.548. The summed E-state index contributed by atoms with van der Waals surface area (Å²) in [5.41, 5.74) is -1.97. The van der Waals surface area contributed by atoms with Crippen LogP contribution in [0.4, 0.5) is 22.4 Å². The quantitative estimate of drug-likeness (QED) is 0.177. The van der Waals surface area contributed by atoms with Crippen LogP contribution in [0.2, 0.25) is 0 Å². The molecule has 7 nitrogen and oxygen atoms in total. The third-order valence-corrected chi connectivity index (χ3v) is 13.1. The Balaban J connectivity index is 1.15. The maximum Gasteiger partial charge on any atom is 0.409 e. The van der Waals surface area contributed by atoms with Crippen LogP contribution in [0.3, 0.4) is 0 Å². The Bertz CT molecular complexity index is 1400. The molecule has 0 bridgehead atoms. The van der Waals surface area contributed by atoms with Crippen molar-refractivity contribution in [1.29, 1.82) is 0 Å². The highest BCUT2D eigenvalue weighted by molar-refractivity contribution is 5.94. The highest BCUT2D eigenvalue weighted by Crippen LogP contribution is 2.60. The van der Waals surface area contributed by atoms with E-state index in [2.05, 4.69) is 41.5 Å². The molecule has 52 heavy (non-hydrogen) atoms. The highest BCUT2D eigenvalue weighted by Gasteiger charge is 2.60. The molecule has 290 valence electrons. The normalized spacial score (nSPS) is 33.8. The van der Waals surface area contributed by atoms with Crippen LogP contribution in [0.5, 0.6) is 0 Å². The van der Waals surface area contributed by atoms with E-state index < -0.39 is 23.2 Å². The summed E-state index contributed by atoms with van der Waals surface area (Å²) in [5, 5.41) is 0. The molecule has 3 aliphatic heterocycles. The standard InChI is InChI=1S/C41H60F4N4O3/c1-5-40(42,32-12-13-32)39(4)27-31(25-33(28-39)41(43,44)45)37(50)49-18-15-35(26-36(49)24-30-10-7-9-29(3)23-30)47-21-19-46(20-22-47)34-11-8-16-48(17-14-34)38(51)52-6-2/h5,7,9-10,25,29,32-36H,1,6,8,11-24,26-28H2,2-4H3. The second-order valence-electron chi connectivity index (χ2n) is 16.8. The summed E-state index contributed by atoms with van der Waals surface area (Å²) in [7, 11) is 0. The molecule has 3 aliphatic carbocycles. The number of rotatable bonds is 9. The lowest BCUT2D eigenvalue weighted by molar-refractivity contribution is -0.177. The highest BCUT2D eigenvalue weighted by atomic mass is 19.4. The Hall–Kier alpha value is -2.66. The molecule has 0 radical (unpaired) electrons. The van der Waals surface area contributed by atoms with Crippen molar-refractivity contribution >= 4 is 12.0 Å². The molecule has 0 spiro atoms. The summed E-state index contributed by atoms with van der Waals surface area (Å²) in [4.78, 5) is 35.6. The van der Waals surface area contributed by atoms with Gasteiger partial charge in [0.25, 0.3) is 0 Å². The van der Waals surface area contributed by atoms with Gasteiger partial charge in [-0.2, -0.15) is 13.2 Å². The average Bonchev–Trinajstić information content (AvgIpc) is 3.99. The SMILES string of the molecule is C=CC(F)(C1CC1)C1(C)CC(C(=O)N2CCC(N3CCN(C4CCCN(C(=O)OCC)CC4)CC3)CC2CC2=CC=CC(C)C2)=CC(C(F)(F)F)C1. The molecule has 7 unspecified atom stereocenters. The van der Waals surface area contributed by atoms with Gasteiger partial charge in [-0.3, -0.25) is 14.6 Å². The smallest absolute Gasteiger partial charge is 0.409 e. The van der Waals surface area contributed by atoms with Crippen LogP contribution in [0.15, 0.2) is 48.1 Å². The maximum absolute atomic E-state index is 16.7. The Morgan fingerprint density at radius 1 is 0.981 bits per heavy atom. The molecule has 2 amide bonds. The van der Waals surface area contributed by atoms with Gasteiger partial charge in [-0.15, -0.1) is 0 Å².